The summed E-state index contributed by atoms with van der Waals surface area (Å²) in [6, 6.07) is 10.5. The topological polar surface area (TPSA) is 41.5 Å². The summed E-state index contributed by atoms with van der Waals surface area (Å²) in [4.78, 5) is 0. The molecule has 2 unspecified atom stereocenters. The van der Waals surface area contributed by atoms with Crippen LogP contribution >= 0.6 is 0 Å². The van der Waals surface area contributed by atoms with E-state index >= 15 is 0 Å². The van der Waals surface area contributed by atoms with E-state index in [1.165, 1.54) is 0 Å². The summed E-state index contributed by atoms with van der Waals surface area (Å²) < 4.78 is 5.89. The van der Waals surface area contributed by atoms with Gasteiger partial charge < -0.3 is 15.2 Å². The summed E-state index contributed by atoms with van der Waals surface area (Å²) >= 11 is 0. The van der Waals surface area contributed by atoms with Crippen LogP contribution < -0.4 is 5.32 Å². The zero-order valence-electron chi connectivity index (χ0n) is 13.9. The van der Waals surface area contributed by atoms with Crippen molar-refractivity contribution >= 4 is 0 Å². The Balaban J connectivity index is 2.77. The van der Waals surface area contributed by atoms with Crippen LogP contribution in [0.3, 0.4) is 0 Å². The molecule has 2 N–H and O–H groups in total. The molecule has 1 aromatic carbocycles. The van der Waals surface area contributed by atoms with Gasteiger partial charge in [0.1, 0.15) is 0 Å². The van der Waals surface area contributed by atoms with Gasteiger partial charge in [0.15, 0.2) is 0 Å². The molecule has 0 saturated carbocycles. The summed E-state index contributed by atoms with van der Waals surface area (Å²) in [6.07, 6.45) is 3.26. The third-order valence-electron chi connectivity index (χ3n) is 3.79. The zero-order chi connectivity index (χ0) is 15.7. The van der Waals surface area contributed by atoms with Crippen molar-refractivity contribution in [1.29, 1.82) is 0 Å². The Labute approximate surface area is 129 Å². The van der Waals surface area contributed by atoms with Crippen molar-refractivity contribution in [2.45, 2.75) is 64.6 Å². The highest BCUT2D eigenvalue weighted by atomic mass is 16.5. The predicted octanol–water partition coefficient (Wildman–Crippen LogP) is 3.47. The molecule has 21 heavy (non-hydrogen) atoms. The SMILES string of the molecule is CCCC(C)OCCC(CO)(NC(C)C)c1ccccc1. The molecular weight excluding hydrogens is 262 g/mol. The molecule has 3 heteroatoms. The Hall–Kier alpha value is -0.900. The molecule has 3 nitrogen and oxygen atoms in total. The standard InChI is InChI=1S/C18H31NO2/c1-5-9-16(4)21-13-12-18(14-20,19-15(2)3)17-10-7-6-8-11-17/h6-8,10-11,15-16,19-20H,5,9,12-14H2,1-4H3. The van der Waals surface area contributed by atoms with Crippen molar-refractivity contribution < 1.29 is 9.84 Å². The molecule has 0 radical (unpaired) electrons. The number of benzene rings is 1. The lowest BCUT2D eigenvalue weighted by molar-refractivity contribution is 0.0298. The van der Waals surface area contributed by atoms with Gasteiger partial charge in [0, 0.05) is 12.6 Å². The lowest BCUT2D eigenvalue weighted by atomic mass is 9.86. The molecule has 0 aliphatic carbocycles. The number of hydrogen-bond donors (Lipinski definition) is 2. The van der Waals surface area contributed by atoms with E-state index < -0.39 is 5.54 Å². The highest BCUT2D eigenvalue weighted by Gasteiger charge is 2.31. The molecule has 0 amide bonds. The van der Waals surface area contributed by atoms with E-state index in [0.717, 1.165) is 24.8 Å². The lowest BCUT2D eigenvalue weighted by Crippen LogP contribution is -2.49. The van der Waals surface area contributed by atoms with Gasteiger partial charge in [0.25, 0.3) is 0 Å². The Kier molecular flexibility index (Phi) is 7.94. The Morgan fingerprint density at radius 3 is 2.38 bits per heavy atom. The van der Waals surface area contributed by atoms with E-state index in [9.17, 15) is 5.11 Å². The molecule has 0 aliphatic heterocycles. The molecule has 1 rings (SSSR count). The number of hydrogen-bond acceptors (Lipinski definition) is 3. The second-order valence-corrected chi connectivity index (χ2v) is 6.13. The zero-order valence-corrected chi connectivity index (χ0v) is 13.9. The molecule has 0 fully saturated rings. The highest BCUT2D eigenvalue weighted by molar-refractivity contribution is 5.25. The average molecular weight is 293 g/mol. The molecule has 0 bridgehead atoms. The van der Waals surface area contributed by atoms with Crippen molar-refractivity contribution in [2.75, 3.05) is 13.2 Å². The van der Waals surface area contributed by atoms with Gasteiger partial charge in [-0.1, -0.05) is 43.7 Å². The molecule has 120 valence electrons. The van der Waals surface area contributed by atoms with E-state index in [0.29, 0.717) is 12.6 Å². The minimum absolute atomic E-state index is 0.0702. The summed E-state index contributed by atoms with van der Waals surface area (Å²) in [6.45, 7) is 9.21. The summed E-state index contributed by atoms with van der Waals surface area (Å²) in [5.74, 6) is 0. The monoisotopic (exact) mass is 293 g/mol. The van der Waals surface area contributed by atoms with Crippen LogP contribution in [-0.4, -0.2) is 30.5 Å². The third kappa shape index (κ3) is 5.77. The van der Waals surface area contributed by atoms with Gasteiger partial charge in [0.2, 0.25) is 0 Å². The minimum atomic E-state index is -0.429. The van der Waals surface area contributed by atoms with Gasteiger partial charge in [-0.3, -0.25) is 0 Å². The second kappa shape index (κ2) is 9.19. The van der Waals surface area contributed by atoms with Gasteiger partial charge in [0.05, 0.1) is 18.2 Å². The van der Waals surface area contributed by atoms with Crippen LogP contribution in [0.15, 0.2) is 30.3 Å². The van der Waals surface area contributed by atoms with E-state index in [2.05, 4.69) is 45.1 Å². The molecule has 0 spiro atoms. The van der Waals surface area contributed by atoms with Crippen molar-refractivity contribution in [1.82, 2.24) is 5.32 Å². The van der Waals surface area contributed by atoms with Crippen molar-refractivity contribution in [2.24, 2.45) is 0 Å². The van der Waals surface area contributed by atoms with Gasteiger partial charge in [-0.15, -0.1) is 0 Å². The first-order valence-corrected chi connectivity index (χ1v) is 8.09. The van der Waals surface area contributed by atoms with Gasteiger partial charge in [-0.25, -0.2) is 0 Å². The van der Waals surface area contributed by atoms with E-state index in [4.69, 9.17) is 4.74 Å². The molecule has 2 atom stereocenters. The molecule has 0 saturated heterocycles. The molecule has 0 heterocycles. The number of ether oxygens (including phenoxy) is 1. The smallest absolute Gasteiger partial charge is 0.0693 e. The van der Waals surface area contributed by atoms with Crippen molar-refractivity contribution in [3.8, 4) is 0 Å². The van der Waals surface area contributed by atoms with E-state index in [1.807, 2.05) is 18.2 Å². The van der Waals surface area contributed by atoms with E-state index in [1.54, 1.807) is 0 Å². The maximum atomic E-state index is 10.0. The van der Waals surface area contributed by atoms with Gasteiger partial charge >= 0.3 is 0 Å². The van der Waals surface area contributed by atoms with Crippen molar-refractivity contribution in [3.05, 3.63) is 35.9 Å². The minimum Gasteiger partial charge on any atom is -0.394 e. The Morgan fingerprint density at radius 1 is 1.19 bits per heavy atom. The average Bonchev–Trinajstić information content (AvgIpc) is 2.47. The first-order valence-electron chi connectivity index (χ1n) is 8.09. The number of aliphatic hydroxyl groups excluding tert-OH is 1. The number of nitrogens with one attached hydrogen (secondary N) is 1. The summed E-state index contributed by atoms with van der Waals surface area (Å²) in [5.41, 5.74) is 0.689. The van der Waals surface area contributed by atoms with Crippen LogP contribution in [0.5, 0.6) is 0 Å². The summed E-state index contributed by atoms with van der Waals surface area (Å²) in [5, 5.41) is 13.6. The summed E-state index contributed by atoms with van der Waals surface area (Å²) in [7, 11) is 0. The Morgan fingerprint density at radius 2 is 1.86 bits per heavy atom. The first-order chi connectivity index (χ1) is 10.0. The molecule has 0 aliphatic rings. The van der Waals surface area contributed by atoms with E-state index in [-0.39, 0.29) is 12.7 Å². The van der Waals surface area contributed by atoms with Crippen LogP contribution in [0.25, 0.3) is 0 Å². The number of aliphatic hydroxyl groups is 1. The fourth-order valence-corrected chi connectivity index (χ4v) is 2.75. The lowest BCUT2D eigenvalue weighted by Gasteiger charge is -2.36. The first kappa shape index (κ1) is 18.1. The normalized spacial score (nSPS) is 15.9. The maximum absolute atomic E-state index is 10.0. The van der Waals surface area contributed by atoms with Crippen LogP contribution in [0.1, 0.15) is 52.5 Å². The quantitative estimate of drug-likeness (QED) is 0.694. The maximum Gasteiger partial charge on any atom is 0.0693 e. The Bertz CT molecular complexity index is 380. The van der Waals surface area contributed by atoms with Crippen LogP contribution in [0.4, 0.5) is 0 Å². The van der Waals surface area contributed by atoms with Crippen LogP contribution in [0, 0.1) is 0 Å². The fraction of sp³-hybridized carbons (Fsp3) is 0.667. The predicted molar refractivity (Wildman–Crippen MR) is 88.4 cm³/mol. The van der Waals surface area contributed by atoms with Crippen LogP contribution in [-0.2, 0) is 10.3 Å². The second-order valence-electron chi connectivity index (χ2n) is 6.13. The molecule has 0 aromatic heterocycles. The largest absolute Gasteiger partial charge is 0.394 e. The highest BCUT2D eigenvalue weighted by Crippen LogP contribution is 2.26. The third-order valence-corrected chi connectivity index (χ3v) is 3.79. The van der Waals surface area contributed by atoms with Crippen LogP contribution in [0.2, 0.25) is 0 Å². The molecule has 1 aromatic rings. The van der Waals surface area contributed by atoms with Gasteiger partial charge in [-0.05, 0) is 39.2 Å². The van der Waals surface area contributed by atoms with Gasteiger partial charge in [-0.2, -0.15) is 0 Å². The fourth-order valence-electron chi connectivity index (χ4n) is 2.75. The molecular formula is C18H31NO2. The van der Waals surface area contributed by atoms with Crippen molar-refractivity contribution in [3.63, 3.8) is 0 Å². The number of rotatable bonds is 10.